The Morgan fingerprint density at radius 3 is 2.16 bits per heavy atom. The van der Waals surface area contributed by atoms with Crippen LogP contribution in [0.15, 0.2) is 0 Å². The van der Waals surface area contributed by atoms with E-state index in [0.29, 0.717) is 4.90 Å². The number of urea groups is 1. The van der Waals surface area contributed by atoms with Crippen molar-refractivity contribution in [3.8, 4) is 0 Å². The van der Waals surface area contributed by atoms with E-state index in [9.17, 15) is 22.8 Å². The predicted octanol–water partition coefficient (Wildman–Crippen LogP) is 0.662. The zero-order chi connectivity index (χ0) is 15.2. The monoisotopic (exact) mass is 286 g/mol. The number of halogens is 3. The highest BCUT2D eigenvalue weighted by Gasteiger charge is 2.34. The number of carboxylic acids is 1. The first-order chi connectivity index (χ1) is 8.58. The van der Waals surface area contributed by atoms with Crippen LogP contribution < -0.4 is 5.32 Å². The molecule has 0 radical (unpaired) electrons. The number of hydrogen-bond donors (Lipinski definition) is 3. The first kappa shape index (κ1) is 17.5. The molecule has 0 aromatic carbocycles. The molecule has 19 heavy (non-hydrogen) atoms. The number of alkyl halides is 3. The second kappa shape index (κ2) is 7.17. The zero-order valence-electron chi connectivity index (χ0n) is 10.6. The van der Waals surface area contributed by atoms with Crippen LogP contribution in [-0.2, 0) is 4.79 Å². The summed E-state index contributed by atoms with van der Waals surface area (Å²) in [4.78, 5) is 22.7. The minimum atomic E-state index is -4.62. The van der Waals surface area contributed by atoms with Gasteiger partial charge in [0.15, 0.2) is 0 Å². The molecule has 0 saturated carbocycles. The number of aliphatic hydroxyl groups excluding tert-OH is 1. The predicted molar refractivity (Wildman–Crippen MR) is 59.5 cm³/mol. The number of amides is 2. The van der Waals surface area contributed by atoms with Gasteiger partial charge in [0.05, 0.1) is 6.61 Å². The van der Waals surface area contributed by atoms with Gasteiger partial charge in [-0.1, -0.05) is 13.8 Å². The number of rotatable bonds is 6. The van der Waals surface area contributed by atoms with E-state index in [-0.39, 0.29) is 0 Å². The Balaban J connectivity index is 4.76. The minimum absolute atomic E-state index is 0.318. The van der Waals surface area contributed by atoms with Crippen LogP contribution in [0.4, 0.5) is 18.0 Å². The Kier molecular flexibility index (Phi) is 6.60. The standard InChI is InChI=1S/C10H17F3N2O4/c1-6(2)7(8(17)18)14-9(19)15(3-4-16)5-10(11,12)13/h6-7,16H,3-5H2,1-2H3,(H,14,19)(H,17,18)/t7-/m0/s1. The van der Waals surface area contributed by atoms with Gasteiger partial charge < -0.3 is 20.4 Å². The SMILES string of the molecule is CC(C)[C@H](NC(=O)N(CCO)CC(F)(F)F)C(=O)O. The molecule has 0 spiro atoms. The number of nitrogens with zero attached hydrogens (tertiary/aromatic N) is 1. The van der Waals surface area contributed by atoms with Gasteiger partial charge in [-0.3, -0.25) is 0 Å². The number of hydrogen-bond acceptors (Lipinski definition) is 3. The first-order valence-corrected chi connectivity index (χ1v) is 5.54. The van der Waals surface area contributed by atoms with Gasteiger partial charge in [-0.15, -0.1) is 0 Å². The van der Waals surface area contributed by atoms with Crippen LogP contribution in [0.25, 0.3) is 0 Å². The maximum Gasteiger partial charge on any atom is 0.406 e. The van der Waals surface area contributed by atoms with Crippen LogP contribution in [0, 0.1) is 5.92 Å². The van der Waals surface area contributed by atoms with Crippen LogP contribution in [0.2, 0.25) is 0 Å². The summed E-state index contributed by atoms with van der Waals surface area (Å²) < 4.78 is 36.7. The van der Waals surface area contributed by atoms with Crippen molar-refractivity contribution in [3.63, 3.8) is 0 Å². The van der Waals surface area contributed by atoms with Gasteiger partial charge in [-0.2, -0.15) is 13.2 Å². The van der Waals surface area contributed by atoms with Gasteiger partial charge in [0.2, 0.25) is 0 Å². The van der Waals surface area contributed by atoms with E-state index in [2.05, 4.69) is 0 Å². The molecule has 0 aromatic rings. The molecular formula is C10H17F3N2O4. The summed E-state index contributed by atoms with van der Waals surface area (Å²) in [5.74, 6) is -1.82. The Morgan fingerprint density at radius 2 is 1.84 bits per heavy atom. The van der Waals surface area contributed by atoms with Gasteiger partial charge in [-0.25, -0.2) is 9.59 Å². The molecule has 0 aromatic heterocycles. The van der Waals surface area contributed by atoms with Crippen LogP contribution in [0.3, 0.4) is 0 Å². The molecule has 0 aliphatic carbocycles. The Labute approximate surface area is 108 Å². The third kappa shape index (κ3) is 6.85. The van der Waals surface area contributed by atoms with Crippen molar-refractivity contribution in [1.29, 1.82) is 0 Å². The third-order valence-corrected chi connectivity index (χ3v) is 2.24. The maximum absolute atomic E-state index is 12.2. The first-order valence-electron chi connectivity index (χ1n) is 5.54. The van der Waals surface area contributed by atoms with Crippen LogP contribution >= 0.6 is 0 Å². The molecule has 1 atom stereocenters. The third-order valence-electron chi connectivity index (χ3n) is 2.24. The topological polar surface area (TPSA) is 89.9 Å². The summed E-state index contributed by atoms with van der Waals surface area (Å²) in [6.45, 7) is 0.293. The molecule has 0 heterocycles. The summed E-state index contributed by atoms with van der Waals surface area (Å²) in [6.07, 6.45) is -4.62. The minimum Gasteiger partial charge on any atom is -0.480 e. The number of carboxylic acid groups (broad SMARTS) is 1. The van der Waals surface area contributed by atoms with Crippen LogP contribution in [-0.4, -0.2) is 59.0 Å². The zero-order valence-corrected chi connectivity index (χ0v) is 10.6. The van der Waals surface area contributed by atoms with Crippen LogP contribution in [0.5, 0.6) is 0 Å². The molecule has 0 aliphatic heterocycles. The molecule has 112 valence electrons. The largest absolute Gasteiger partial charge is 0.480 e. The second-order valence-electron chi connectivity index (χ2n) is 4.27. The highest BCUT2D eigenvalue weighted by atomic mass is 19.4. The van der Waals surface area contributed by atoms with E-state index in [0.717, 1.165) is 0 Å². The molecule has 3 N–H and O–H groups in total. The quantitative estimate of drug-likeness (QED) is 0.669. The fourth-order valence-corrected chi connectivity index (χ4v) is 1.33. The Hall–Kier alpha value is -1.51. The van der Waals surface area contributed by atoms with Crippen molar-refractivity contribution in [2.75, 3.05) is 19.7 Å². The van der Waals surface area contributed by atoms with Crippen molar-refractivity contribution in [3.05, 3.63) is 0 Å². The Morgan fingerprint density at radius 1 is 1.32 bits per heavy atom. The molecule has 2 amide bonds. The lowest BCUT2D eigenvalue weighted by Crippen LogP contribution is -2.52. The summed E-state index contributed by atoms with van der Waals surface area (Å²) in [6, 6.07) is -2.46. The van der Waals surface area contributed by atoms with Crippen LogP contribution in [0.1, 0.15) is 13.8 Å². The highest BCUT2D eigenvalue weighted by Crippen LogP contribution is 2.16. The molecule has 0 saturated heterocycles. The van der Waals surface area contributed by atoms with Gasteiger partial charge >= 0.3 is 18.2 Å². The average Bonchev–Trinajstić information content (AvgIpc) is 2.22. The average molecular weight is 286 g/mol. The maximum atomic E-state index is 12.2. The summed E-state index contributed by atoms with van der Waals surface area (Å²) in [7, 11) is 0. The molecule has 0 bridgehead atoms. The van der Waals surface area contributed by atoms with Crippen molar-refractivity contribution < 1.29 is 33.0 Å². The van der Waals surface area contributed by atoms with E-state index in [1.807, 2.05) is 5.32 Å². The molecule has 0 fully saturated rings. The highest BCUT2D eigenvalue weighted by molar-refractivity contribution is 5.82. The smallest absolute Gasteiger partial charge is 0.406 e. The van der Waals surface area contributed by atoms with E-state index in [1.165, 1.54) is 13.8 Å². The van der Waals surface area contributed by atoms with E-state index < -0.39 is 49.8 Å². The number of carbonyl (C=O) groups excluding carboxylic acids is 1. The summed E-state index contributed by atoms with van der Waals surface area (Å²) in [5, 5.41) is 19.5. The normalized spacial score (nSPS) is 13.2. The molecule has 0 rings (SSSR count). The van der Waals surface area contributed by atoms with Gasteiger partial charge in [-0.05, 0) is 5.92 Å². The lowest BCUT2D eigenvalue weighted by Gasteiger charge is -2.26. The lowest BCUT2D eigenvalue weighted by molar-refractivity contribution is -0.142. The number of carbonyl (C=O) groups is 2. The molecule has 6 nitrogen and oxygen atoms in total. The number of aliphatic hydroxyl groups is 1. The van der Waals surface area contributed by atoms with E-state index >= 15 is 0 Å². The van der Waals surface area contributed by atoms with E-state index in [4.69, 9.17) is 10.2 Å². The number of aliphatic carboxylic acids is 1. The van der Waals surface area contributed by atoms with Gasteiger partial charge in [0.1, 0.15) is 12.6 Å². The fourth-order valence-electron chi connectivity index (χ4n) is 1.33. The van der Waals surface area contributed by atoms with Crippen molar-refractivity contribution in [2.24, 2.45) is 5.92 Å². The molecular weight excluding hydrogens is 269 g/mol. The Bertz CT molecular complexity index is 320. The number of nitrogens with one attached hydrogen (secondary N) is 1. The molecule has 9 heteroatoms. The van der Waals surface area contributed by atoms with Crippen molar-refractivity contribution in [1.82, 2.24) is 10.2 Å². The summed E-state index contributed by atoms with van der Waals surface area (Å²) >= 11 is 0. The second-order valence-corrected chi connectivity index (χ2v) is 4.27. The molecule has 0 unspecified atom stereocenters. The van der Waals surface area contributed by atoms with E-state index in [1.54, 1.807) is 0 Å². The van der Waals surface area contributed by atoms with Crippen molar-refractivity contribution >= 4 is 12.0 Å². The summed E-state index contributed by atoms with van der Waals surface area (Å²) in [5.41, 5.74) is 0. The van der Waals surface area contributed by atoms with Crippen molar-refractivity contribution in [2.45, 2.75) is 26.1 Å². The molecule has 0 aliphatic rings. The lowest BCUT2D eigenvalue weighted by atomic mass is 10.1. The van der Waals surface area contributed by atoms with Gasteiger partial charge in [0, 0.05) is 6.54 Å². The fraction of sp³-hybridized carbons (Fsp3) is 0.800. The van der Waals surface area contributed by atoms with Gasteiger partial charge in [0.25, 0.3) is 0 Å².